The van der Waals surface area contributed by atoms with E-state index in [0.717, 1.165) is 11.3 Å². The summed E-state index contributed by atoms with van der Waals surface area (Å²) >= 11 is 0. The minimum Gasteiger partial charge on any atom is -0.543 e. The Kier molecular flexibility index (Phi) is 3.31. The van der Waals surface area contributed by atoms with E-state index in [0.29, 0.717) is 0 Å². The van der Waals surface area contributed by atoms with E-state index in [1.165, 1.54) is 11.1 Å². The summed E-state index contributed by atoms with van der Waals surface area (Å²) in [6.07, 6.45) is 0. The Bertz CT molecular complexity index is 329. The maximum atomic E-state index is 5.01. The maximum absolute atomic E-state index is 5.01. The first-order valence-electron chi connectivity index (χ1n) is 4.24. The quantitative estimate of drug-likeness (QED) is 0.513. The van der Waals surface area contributed by atoms with Gasteiger partial charge in [0, 0.05) is 0 Å². The zero-order valence-electron chi connectivity index (χ0n) is 8.22. The van der Waals surface area contributed by atoms with Crippen molar-refractivity contribution in [2.24, 2.45) is 0 Å². The van der Waals surface area contributed by atoms with E-state index in [1.807, 2.05) is 19.1 Å². The minimum absolute atomic E-state index is 0.894. The van der Waals surface area contributed by atoms with E-state index >= 15 is 0 Å². The van der Waals surface area contributed by atoms with Crippen LogP contribution in [-0.2, 0) is 4.43 Å². The molecule has 0 heterocycles. The summed E-state index contributed by atoms with van der Waals surface area (Å²) in [5.41, 5.74) is 3.66. The fourth-order valence-electron chi connectivity index (χ4n) is 1.26. The van der Waals surface area contributed by atoms with Crippen LogP contribution in [0.4, 0.5) is 0 Å². The summed E-state index contributed by atoms with van der Waals surface area (Å²) in [6.45, 7) is 6.09. The van der Waals surface area contributed by atoms with Crippen molar-refractivity contribution in [1.82, 2.24) is 0 Å². The highest BCUT2D eigenvalue weighted by Crippen LogP contribution is 2.21. The van der Waals surface area contributed by atoms with Crippen LogP contribution in [0.15, 0.2) is 30.0 Å². The molecule has 0 amide bonds. The highest BCUT2D eigenvalue weighted by molar-refractivity contribution is 5.99. The second-order valence-electron chi connectivity index (χ2n) is 3.10. The van der Waals surface area contributed by atoms with E-state index in [4.69, 9.17) is 4.43 Å². The maximum Gasteiger partial charge on any atom is 0.340 e. The topological polar surface area (TPSA) is 9.23 Å². The first kappa shape index (κ1) is 10.1. The molecule has 0 aliphatic heterocycles. The van der Waals surface area contributed by atoms with E-state index in [1.54, 1.807) is 0 Å². The molecule has 13 heavy (non-hydrogen) atoms. The van der Waals surface area contributed by atoms with E-state index in [9.17, 15) is 0 Å². The molecule has 1 rings (SSSR count). The van der Waals surface area contributed by atoms with Gasteiger partial charge in [0.25, 0.3) is 0 Å². The van der Waals surface area contributed by atoms with Crippen LogP contribution >= 0.6 is 0 Å². The van der Waals surface area contributed by atoms with Gasteiger partial charge in [-0.1, -0.05) is 24.3 Å². The van der Waals surface area contributed by atoms with Crippen LogP contribution in [0.2, 0.25) is 0 Å². The monoisotopic (exact) mass is 189 g/mol. The lowest BCUT2D eigenvalue weighted by Gasteiger charge is -2.09. The smallest absolute Gasteiger partial charge is 0.340 e. The van der Waals surface area contributed by atoms with Crippen LogP contribution in [0.3, 0.4) is 0 Å². The predicted molar refractivity (Wildman–Crippen MR) is 56.3 cm³/mol. The van der Waals surface area contributed by atoms with Crippen LogP contribution in [0.1, 0.15) is 25.0 Å². The molecule has 0 aliphatic carbocycles. The number of hydrogen-bond donors (Lipinski definition) is 0. The van der Waals surface area contributed by atoms with Gasteiger partial charge >= 0.3 is 10.5 Å². The van der Waals surface area contributed by atoms with Crippen molar-refractivity contribution >= 4 is 16.1 Å². The average molecular weight is 189 g/mol. The SMILES string of the molecule is CC(O[Si])=C(C)c1ccccc1C. The number of allylic oxidation sites excluding steroid dienone is 2. The van der Waals surface area contributed by atoms with Crippen molar-refractivity contribution in [3.05, 3.63) is 41.2 Å². The van der Waals surface area contributed by atoms with E-state index in [2.05, 4.69) is 36.5 Å². The molecule has 0 aromatic heterocycles. The lowest BCUT2D eigenvalue weighted by molar-refractivity contribution is 0.475. The van der Waals surface area contributed by atoms with Gasteiger partial charge in [0.2, 0.25) is 0 Å². The van der Waals surface area contributed by atoms with Gasteiger partial charge in [-0.05, 0) is 37.5 Å². The lowest BCUT2D eigenvalue weighted by Crippen LogP contribution is -1.90. The van der Waals surface area contributed by atoms with Gasteiger partial charge in [-0.3, -0.25) is 0 Å². The second kappa shape index (κ2) is 4.28. The minimum atomic E-state index is 0.894. The predicted octanol–water partition coefficient (Wildman–Crippen LogP) is 2.85. The van der Waals surface area contributed by atoms with Crippen molar-refractivity contribution in [2.45, 2.75) is 20.8 Å². The highest BCUT2D eigenvalue weighted by atomic mass is 28.2. The molecule has 0 saturated carbocycles. The van der Waals surface area contributed by atoms with Gasteiger partial charge in [-0.15, -0.1) is 0 Å². The van der Waals surface area contributed by atoms with Crippen LogP contribution in [-0.4, -0.2) is 10.5 Å². The summed E-state index contributed by atoms with van der Waals surface area (Å²) in [5, 5.41) is 0. The Balaban J connectivity index is 3.16. The lowest BCUT2D eigenvalue weighted by atomic mass is 10.0. The Hall–Kier alpha value is -1.02. The molecule has 0 N–H and O–H groups in total. The van der Waals surface area contributed by atoms with Crippen molar-refractivity contribution < 1.29 is 4.43 Å². The van der Waals surface area contributed by atoms with Crippen molar-refractivity contribution in [3.63, 3.8) is 0 Å². The van der Waals surface area contributed by atoms with Crippen LogP contribution < -0.4 is 0 Å². The second-order valence-corrected chi connectivity index (χ2v) is 3.30. The molecule has 0 spiro atoms. The first-order valence-corrected chi connectivity index (χ1v) is 4.64. The fraction of sp³-hybridized carbons (Fsp3) is 0.273. The summed E-state index contributed by atoms with van der Waals surface area (Å²) in [5.74, 6) is 0.894. The molecule has 0 atom stereocenters. The Labute approximate surface area is 83.0 Å². The molecule has 67 valence electrons. The molecule has 0 bridgehead atoms. The van der Waals surface area contributed by atoms with Crippen molar-refractivity contribution in [1.29, 1.82) is 0 Å². The van der Waals surface area contributed by atoms with Gasteiger partial charge in [-0.2, -0.15) is 0 Å². The van der Waals surface area contributed by atoms with Crippen molar-refractivity contribution in [3.8, 4) is 0 Å². The summed E-state index contributed by atoms with van der Waals surface area (Å²) in [7, 11) is 3.03. The summed E-state index contributed by atoms with van der Waals surface area (Å²) < 4.78 is 5.01. The molecule has 2 heteroatoms. The summed E-state index contributed by atoms with van der Waals surface area (Å²) in [6, 6.07) is 8.27. The Morgan fingerprint density at radius 3 is 2.38 bits per heavy atom. The van der Waals surface area contributed by atoms with Crippen LogP contribution in [0, 0.1) is 6.92 Å². The third-order valence-electron chi connectivity index (χ3n) is 2.23. The molecule has 1 aromatic carbocycles. The van der Waals surface area contributed by atoms with Crippen LogP contribution in [0.5, 0.6) is 0 Å². The van der Waals surface area contributed by atoms with Gasteiger partial charge in [0.1, 0.15) is 0 Å². The largest absolute Gasteiger partial charge is 0.543 e. The van der Waals surface area contributed by atoms with Crippen LogP contribution in [0.25, 0.3) is 5.57 Å². The van der Waals surface area contributed by atoms with Gasteiger partial charge in [0.15, 0.2) is 0 Å². The Morgan fingerprint density at radius 2 is 1.85 bits per heavy atom. The molecule has 0 fully saturated rings. The number of rotatable bonds is 2. The molecule has 1 aromatic rings. The zero-order chi connectivity index (χ0) is 9.84. The molecular weight excluding hydrogens is 176 g/mol. The molecule has 0 unspecified atom stereocenters. The zero-order valence-corrected chi connectivity index (χ0v) is 9.22. The molecule has 3 radical (unpaired) electrons. The fourth-order valence-corrected chi connectivity index (χ4v) is 1.41. The summed E-state index contributed by atoms with van der Waals surface area (Å²) in [4.78, 5) is 0. The highest BCUT2D eigenvalue weighted by Gasteiger charge is 2.02. The number of benzene rings is 1. The third kappa shape index (κ3) is 2.22. The Morgan fingerprint density at radius 1 is 1.23 bits per heavy atom. The van der Waals surface area contributed by atoms with E-state index in [-0.39, 0.29) is 0 Å². The average Bonchev–Trinajstić information content (AvgIpc) is 2.16. The first-order chi connectivity index (χ1) is 6.16. The molecule has 1 nitrogen and oxygen atoms in total. The van der Waals surface area contributed by atoms with Gasteiger partial charge in [0.05, 0.1) is 5.76 Å². The van der Waals surface area contributed by atoms with Gasteiger partial charge < -0.3 is 4.43 Å². The molecule has 0 aliphatic rings. The standard InChI is InChI=1S/C11H13OSi/c1-8-6-4-5-7-11(8)9(2)10(3)12-13/h4-7H,1-3H3. The third-order valence-corrected chi connectivity index (χ3v) is 2.54. The van der Waals surface area contributed by atoms with E-state index < -0.39 is 0 Å². The van der Waals surface area contributed by atoms with Gasteiger partial charge in [-0.25, -0.2) is 0 Å². The normalized spacial score (nSPS) is 12.3. The molecular formula is C11H13OSi. The molecule has 0 saturated heterocycles. The number of hydrogen-bond acceptors (Lipinski definition) is 1. The van der Waals surface area contributed by atoms with Crippen molar-refractivity contribution in [2.75, 3.05) is 0 Å². The number of aryl methyl sites for hydroxylation is 1.